The third kappa shape index (κ3) is 3.74. The van der Waals surface area contributed by atoms with E-state index in [1.807, 2.05) is 69.3 Å². The van der Waals surface area contributed by atoms with Crippen molar-refractivity contribution < 1.29 is 4.79 Å². The molecule has 1 N–H and O–H groups in total. The zero-order valence-corrected chi connectivity index (χ0v) is 17.2. The minimum absolute atomic E-state index is 0.152. The molecule has 0 radical (unpaired) electrons. The number of fused-ring (bicyclic) bond motifs is 1. The number of aromatic nitrogens is 4. The van der Waals surface area contributed by atoms with Crippen LogP contribution >= 0.6 is 0 Å². The summed E-state index contributed by atoms with van der Waals surface area (Å²) >= 11 is 0. The van der Waals surface area contributed by atoms with Gasteiger partial charge in [0.2, 0.25) is 5.91 Å². The van der Waals surface area contributed by atoms with Gasteiger partial charge in [-0.2, -0.15) is 10.2 Å². The monoisotopic (exact) mass is 401 g/mol. The van der Waals surface area contributed by atoms with Crippen molar-refractivity contribution in [2.24, 2.45) is 0 Å². The van der Waals surface area contributed by atoms with Crippen LogP contribution in [-0.4, -0.2) is 25.5 Å². The van der Waals surface area contributed by atoms with E-state index in [0.29, 0.717) is 23.1 Å². The molecule has 4 aromatic rings. The Labute approximate surface area is 174 Å². The van der Waals surface area contributed by atoms with E-state index < -0.39 is 0 Å². The lowest BCUT2D eigenvalue weighted by Gasteiger charge is -2.10. The SMILES string of the molecule is Cc1ccc(-n2ncc3c(C)nn(CC(=O)NCc4ccccc4)c(=O)c32)cc1C. The van der Waals surface area contributed by atoms with Gasteiger partial charge >= 0.3 is 0 Å². The van der Waals surface area contributed by atoms with Crippen molar-refractivity contribution in [3.05, 3.63) is 87.5 Å². The van der Waals surface area contributed by atoms with Gasteiger partial charge in [0.1, 0.15) is 12.1 Å². The first-order valence-corrected chi connectivity index (χ1v) is 9.78. The minimum atomic E-state index is -0.346. The van der Waals surface area contributed by atoms with Gasteiger partial charge < -0.3 is 5.32 Å². The molecule has 4 rings (SSSR count). The molecule has 30 heavy (non-hydrogen) atoms. The first-order chi connectivity index (χ1) is 14.4. The zero-order valence-electron chi connectivity index (χ0n) is 17.2. The summed E-state index contributed by atoms with van der Waals surface area (Å²) in [6, 6.07) is 15.5. The molecule has 0 spiro atoms. The summed E-state index contributed by atoms with van der Waals surface area (Å²) in [6.07, 6.45) is 1.65. The summed E-state index contributed by atoms with van der Waals surface area (Å²) in [5, 5.41) is 12.3. The van der Waals surface area contributed by atoms with E-state index in [4.69, 9.17) is 0 Å². The Morgan fingerprint density at radius 3 is 2.53 bits per heavy atom. The van der Waals surface area contributed by atoms with Crippen molar-refractivity contribution in [2.75, 3.05) is 0 Å². The molecule has 2 aromatic carbocycles. The van der Waals surface area contributed by atoms with Gasteiger partial charge in [-0.1, -0.05) is 36.4 Å². The second-order valence-electron chi connectivity index (χ2n) is 7.40. The summed E-state index contributed by atoms with van der Waals surface area (Å²) in [6.45, 7) is 6.12. The fourth-order valence-electron chi connectivity index (χ4n) is 3.37. The maximum absolute atomic E-state index is 13.2. The van der Waals surface area contributed by atoms with Crippen molar-refractivity contribution in [3.8, 4) is 5.69 Å². The topological polar surface area (TPSA) is 81.8 Å². The summed E-state index contributed by atoms with van der Waals surface area (Å²) in [5.74, 6) is -0.274. The summed E-state index contributed by atoms with van der Waals surface area (Å²) in [7, 11) is 0. The fourth-order valence-corrected chi connectivity index (χ4v) is 3.37. The molecule has 0 atom stereocenters. The highest BCUT2D eigenvalue weighted by atomic mass is 16.2. The third-order valence-corrected chi connectivity index (χ3v) is 5.23. The Balaban J connectivity index is 1.66. The van der Waals surface area contributed by atoms with Crippen LogP contribution in [0.3, 0.4) is 0 Å². The van der Waals surface area contributed by atoms with Gasteiger partial charge in [-0.15, -0.1) is 0 Å². The van der Waals surface area contributed by atoms with Crippen molar-refractivity contribution in [1.82, 2.24) is 24.9 Å². The van der Waals surface area contributed by atoms with E-state index in [9.17, 15) is 9.59 Å². The number of hydrogen-bond donors (Lipinski definition) is 1. The lowest BCUT2D eigenvalue weighted by atomic mass is 10.1. The van der Waals surface area contributed by atoms with Crippen LogP contribution in [0, 0.1) is 20.8 Å². The van der Waals surface area contributed by atoms with Gasteiger partial charge in [0.25, 0.3) is 5.56 Å². The summed E-state index contributed by atoms with van der Waals surface area (Å²) in [5.41, 5.74) is 4.79. The Hall–Kier alpha value is -3.74. The molecule has 0 unspecified atom stereocenters. The van der Waals surface area contributed by atoms with Crippen LogP contribution in [0.1, 0.15) is 22.4 Å². The molecule has 0 saturated heterocycles. The number of rotatable bonds is 5. The third-order valence-electron chi connectivity index (χ3n) is 5.23. The lowest BCUT2D eigenvalue weighted by molar-refractivity contribution is -0.122. The highest BCUT2D eigenvalue weighted by molar-refractivity contribution is 5.82. The molecule has 0 saturated carbocycles. The molecule has 7 nitrogen and oxygen atoms in total. The highest BCUT2D eigenvalue weighted by Crippen LogP contribution is 2.19. The second-order valence-corrected chi connectivity index (χ2v) is 7.40. The van der Waals surface area contributed by atoms with Crippen molar-refractivity contribution in [2.45, 2.75) is 33.9 Å². The number of nitrogens with one attached hydrogen (secondary N) is 1. The average Bonchev–Trinajstić information content (AvgIpc) is 3.19. The molecule has 1 amide bonds. The van der Waals surface area contributed by atoms with Crippen LogP contribution in [-0.2, 0) is 17.9 Å². The Morgan fingerprint density at radius 2 is 1.80 bits per heavy atom. The Morgan fingerprint density at radius 1 is 1.03 bits per heavy atom. The van der Waals surface area contributed by atoms with Crippen LogP contribution in [0.5, 0.6) is 0 Å². The number of carbonyl (C=O) groups is 1. The first-order valence-electron chi connectivity index (χ1n) is 9.78. The fraction of sp³-hybridized carbons (Fsp3) is 0.217. The van der Waals surface area contributed by atoms with Crippen molar-refractivity contribution in [3.63, 3.8) is 0 Å². The minimum Gasteiger partial charge on any atom is -0.350 e. The number of hydrogen-bond acceptors (Lipinski definition) is 4. The van der Waals surface area contributed by atoms with E-state index in [-0.39, 0.29) is 18.0 Å². The van der Waals surface area contributed by atoms with Crippen LogP contribution in [0.25, 0.3) is 16.6 Å². The molecule has 0 aliphatic heterocycles. The zero-order chi connectivity index (χ0) is 21.3. The molecule has 0 bridgehead atoms. The van der Waals surface area contributed by atoms with Gasteiger partial charge in [-0.3, -0.25) is 9.59 Å². The molecular weight excluding hydrogens is 378 g/mol. The van der Waals surface area contributed by atoms with Crippen LogP contribution in [0.15, 0.2) is 59.5 Å². The number of benzene rings is 2. The molecule has 0 aliphatic rings. The normalized spacial score (nSPS) is 11.0. The maximum Gasteiger partial charge on any atom is 0.293 e. The molecule has 2 heterocycles. The molecule has 2 aromatic heterocycles. The summed E-state index contributed by atoms with van der Waals surface area (Å²) in [4.78, 5) is 25.6. The van der Waals surface area contributed by atoms with Gasteiger partial charge in [0, 0.05) is 11.9 Å². The molecule has 152 valence electrons. The number of carbonyl (C=O) groups excluding carboxylic acids is 1. The molecule has 0 aliphatic carbocycles. The number of nitrogens with zero attached hydrogens (tertiary/aromatic N) is 4. The van der Waals surface area contributed by atoms with E-state index in [1.54, 1.807) is 10.9 Å². The maximum atomic E-state index is 13.2. The lowest BCUT2D eigenvalue weighted by Crippen LogP contribution is -2.34. The van der Waals surface area contributed by atoms with Gasteiger partial charge in [-0.05, 0) is 49.6 Å². The van der Waals surface area contributed by atoms with E-state index >= 15 is 0 Å². The van der Waals surface area contributed by atoms with E-state index in [1.165, 1.54) is 10.2 Å². The van der Waals surface area contributed by atoms with E-state index in [2.05, 4.69) is 15.5 Å². The number of amides is 1. The average molecular weight is 401 g/mol. The van der Waals surface area contributed by atoms with Crippen LogP contribution in [0.4, 0.5) is 0 Å². The van der Waals surface area contributed by atoms with Crippen LogP contribution in [0.2, 0.25) is 0 Å². The first kappa shape index (κ1) is 19.6. The number of aryl methyl sites for hydroxylation is 3. The van der Waals surface area contributed by atoms with Gasteiger partial charge in [0.15, 0.2) is 0 Å². The molecule has 0 fully saturated rings. The Bertz CT molecular complexity index is 1290. The largest absolute Gasteiger partial charge is 0.350 e. The van der Waals surface area contributed by atoms with Crippen molar-refractivity contribution in [1.29, 1.82) is 0 Å². The van der Waals surface area contributed by atoms with E-state index in [0.717, 1.165) is 16.8 Å². The van der Waals surface area contributed by atoms with Crippen molar-refractivity contribution >= 4 is 16.8 Å². The molecular formula is C23H23N5O2. The van der Waals surface area contributed by atoms with Crippen LogP contribution < -0.4 is 10.9 Å². The van der Waals surface area contributed by atoms with Gasteiger partial charge in [-0.25, -0.2) is 9.36 Å². The predicted molar refractivity (Wildman–Crippen MR) is 116 cm³/mol. The van der Waals surface area contributed by atoms with Gasteiger partial charge in [0.05, 0.1) is 17.6 Å². The smallest absolute Gasteiger partial charge is 0.293 e. The Kier molecular flexibility index (Phi) is 5.18. The summed E-state index contributed by atoms with van der Waals surface area (Å²) < 4.78 is 2.83. The standard InChI is InChI=1S/C23H23N5O2/c1-15-9-10-19(11-16(15)2)28-22-20(13-25-28)17(3)26-27(23(22)30)14-21(29)24-12-18-7-5-4-6-8-18/h4-11,13H,12,14H2,1-3H3,(H,24,29). The highest BCUT2D eigenvalue weighted by Gasteiger charge is 2.16. The predicted octanol–water partition coefficient (Wildman–Crippen LogP) is 2.82. The second kappa shape index (κ2) is 7.94. The molecule has 7 heteroatoms. The quantitative estimate of drug-likeness (QED) is 0.558.